The minimum Gasteiger partial charge on any atom is -0.0625 e. The molecule has 0 heterocycles. The van der Waals surface area contributed by atoms with E-state index in [0.717, 1.165) is 5.92 Å². The van der Waals surface area contributed by atoms with Crippen LogP contribution in [0, 0.1) is 29.6 Å². The molecule has 0 aromatic carbocycles. The van der Waals surface area contributed by atoms with E-state index in [0.29, 0.717) is 0 Å². The molecular weight excluding hydrogens is 132 g/mol. The van der Waals surface area contributed by atoms with Crippen molar-refractivity contribution in [1.82, 2.24) is 0 Å². The molecule has 0 aromatic rings. The number of hydrogen-bond acceptors (Lipinski definition) is 0. The van der Waals surface area contributed by atoms with Gasteiger partial charge in [-0.3, -0.25) is 0 Å². The van der Waals surface area contributed by atoms with Gasteiger partial charge in [0.2, 0.25) is 0 Å². The quantitative estimate of drug-likeness (QED) is 0.498. The Morgan fingerprint density at radius 1 is 0.818 bits per heavy atom. The summed E-state index contributed by atoms with van der Waals surface area (Å²) < 4.78 is 0. The van der Waals surface area contributed by atoms with Gasteiger partial charge in [0, 0.05) is 0 Å². The van der Waals surface area contributed by atoms with Crippen LogP contribution in [-0.2, 0) is 0 Å². The van der Waals surface area contributed by atoms with Crippen LogP contribution in [0.25, 0.3) is 0 Å². The highest BCUT2D eigenvalue weighted by atomic mass is 14.6. The molecule has 0 radical (unpaired) electrons. The molecule has 3 saturated carbocycles. The molecule has 5 atom stereocenters. The second-order valence-electron chi connectivity index (χ2n) is 5.24. The average molecular weight is 150 g/mol. The van der Waals surface area contributed by atoms with Crippen LogP contribution in [0.3, 0.4) is 0 Å². The first-order chi connectivity index (χ1) is 5.34. The first-order valence-corrected chi connectivity index (χ1v) is 5.34. The lowest BCUT2D eigenvalue weighted by Crippen LogP contribution is -2.15. The molecule has 0 N–H and O–H groups in total. The molecule has 11 heavy (non-hydrogen) atoms. The first kappa shape index (κ1) is 6.51. The Morgan fingerprint density at radius 2 is 1.36 bits per heavy atom. The monoisotopic (exact) mass is 150 g/mol. The minimum atomic E-state index is 1.06. The van der Waals surface area contributed by atoms with Crippen molar-refractivity contribution < 1.29 is 0 Å². The molecule has 0 nitrogen and oxygen atoms in total. The van der Waals surface area contributed by atoms with E-state index in [1.54, 1.807) is 32.1 Å². The lowest BCUT2D eigenvalue weighted by molar-refractivity contribution is 0.259. The normalized spacial score (nSPS) is 60.3. The van der Waals surface area contributed by atoms with Gasteiger partial charge in [-0.1, -0.05) is 6.92 Å². The Balaban J connectivity index is 1.87. The van der Waals surface area contributed by atoms with Crippen LogP contribution in [0.2, 0.25) is 0 Å². The maximum Gasteiger partial charge on any atom is -0.0352 e. The van der Waals surface area contributed by atoms with E-state index in [2.05, 4.69) is 6.92 Å². The minimum absolute atomic E-state index is 1.06. The third-order valence-corrected chi connectivity index (χ3v) is 4.62. The second-order valence-corrected chi connectivity index (χ2v) is 5.24. The van der Waals surface area contributed by atoms with Crippen molar-refractivity contribution in [2.24, 2.45) is 29.6 Å². The van der Waals surface area contributed by atoms with Crippen LogP contribution in [-0.4, -0.2) is 0 Å². The highest BCUT2D eigenvalue weighted by Crippen LogP contribution is 2.59. The van der Waals surface area contributed by atoms with Gasteiger partial charge in [0.15, 0.2) is 0 Å². The van der Waals surface area contributed by atoms with Gasteiger partial charge in [-0.2, -0.15) is 0 Å². The smallest absolute Gasteiger partial charge is 0.0352 e. The van der Waals surface area contributed by atoms with Crippen LogP contribution < -0.4 is 0 Å². The average Bonchev–Trinajstić information content (AvgIpc) is 2.53. The zero-order valence-electron chi connectivity index (χ0n) is 7.42. The van der Waals surface area contributed by atoms with Gasteiger partial charge < -0.3 is 0 Å². The zero-order valence-corrected chi connectivity index (χ0v) is 7.42. The summed E-state index contributed by atoms with van der Waals surface area (Å²) in [5, 5.41) is 0. The van der Waals surface area contributed by atoms with E-state index in [-0.39, 0.29) is 0 Å². The predicted molar refractivity (Wildman–Crippen MR) is 46.2 cm³/mol. The van der Waals surface area contributed by atoms with E-state index in [4.69, 9.17) is 0 Å². The molecule has 2 bridgehead atoms. The van der Waals surface area contributed by atoms with Crippen LogP contribution in [0.1, 0.15) is 39.0 Å². The third-order valence-electron chi connectivity index (χ3n) is 4.62. The van der Waals surface area contributed by atoms with Crippen molar-refractivity contribution in [1.29, 1.82) is 0 Å². The van der Waals surface area contributed by atoms with Crippen molar-refractivity contribution in [2.75, 3.05) is 0 Å². The first-order valence-electron chi connectivity index (χ1n) is 5.34. The van der Waals surface area contributed by atoms with Gasteiger partial charge in [0.25, 0.3) is 0 Å². The molecule has 0 amide bonds. The van der Waals surface area contributed by atoms with Crippen LogP contribution in [0.4, 0.5) is 0 Å². The summed E-state index contributed by atoms with van der Waals surface area (Å²) in [5.74, 6) is 5.78. The van der Waals surface area contributed by atoms with Crippen LogP contribution >= 0.6 is 0 Å². The number of hydrogen-bond donors (Lipinski definition) is 0. The summed E-state index contributed by atoms with van der Waals surface area (Å²) in [7, 11) is 0. The fourth-order valence-corrected chi connectivity index (χ4v) is 4.29. The molecule has 3 aliphatic carbocycles. The Morgan fingerprint density at radius 3 is 1.91 bits per heavy atom. The van der Waals surface area contributed by atoms with E-state index in [1.165, 1.54) is 23.7 Å². The Kier molecular flexibility index (Phi) is 1.20. The molecule has 3 rings (SSSR count). The SMILES string of the molecule is CC1CC2C3CC[C@H](C3)C2C1. The topological polar surface area (TPSA) is 0 Å². The molecule has 0 heteroatoms. The standard InChI is InChI=1S/C11H18/c1-7-4-10-8-2-3-9(6-8)11(10)5-7/h7-11H,2-6H2,1H3/t7?,8-,9?,10?,11?/m1/s1. The highest BCUT2D eigenvalue weighted by molar-refractivity contribution is 5.00. The Bertz CT molecular complexity index is 155. The van der Waals surface area contributed by atoms with E-state index in [9.17, 15) is 0 Å². The van der Waals surface area contributed by atoms with Crippen molar-refractivity contribution in [3.63, 3.8) is 0 Å². The van der Waals surface area contributed by atoms with Crippen molar-refractivity contribution in [2.45, 2.75) is 39.0 Å². The van der Waals surface area contributed by atoms with Gasteiger partial charge in [-0.15, -0.1) is 0 Å². The van der Waals surface area contributed by atoms with Crippen molar-refractivity contribution >= 4 is 0 Å². The second kappa shape index (κ2) is 2.02. The highest BCUT2D eigenvalue weighted by Gasteiger charge is 2.50. The molecule has 0 aromatic heterocycles. The maximum atomic E-state index is 2.46. The zero-order chi connectivity index (χ0) is 7.42. The lowest BCUT2D eigenvalue weighted by Gasteiger charge is -2.23. The molecule has 4 unspecified atom stereocenters. The molecule has 3 aliphatic rings. The third kappa shape index (κ3) is 0.761. The van der Waals surface area contributed by atoms with Gasteiger partial charge in [0.05, 0.1) is 0 Å². The Labute approximate surface area is 69.4 Å². The van der Waals surface area contributed by atoms with Crippen LogP contribution in [0.15, 0.2) is 0 Å². The molecule has 0 saturated heterocycles. The largest absolute Gasteiger partial charge is 0.0625 e. The predicted octanol–water partition coefficient (Wildman–Crippen LogP) is 3.08. The molecule has 62 valence electrons. The summed E-state index contributed by atoms with van der Waals surface area (Å²) in [6, 6.07) is 0. The fourth-order valence-electron chi connectivity index (χ4n) is 4.29. The number of rotatable bonds is 0. The summed E-state index contributed by atoms with van der Waals surface area (Å²) in [5.41, 5.74) is 0. The van der Waals surface area contributed by atoms with Crippen LogP contribution in [0.5, 0.6) is 0 Å². The molecule has 3 fully saturated rings. The summed E-state index contributed by atoms with van der Waals surface area (Å²) in [6.07, 6.45) is 7.93. The molecular formula is C11H18. The summed E-state index contributed by atoms with van der Waals surface area (Å²) in [6.45, 7) is 2.46. The summed E-state index contributed by atoms with van der Waals surface area (Å²) in [4.78, 5) is 0. The van der Waals surface area contributed by atoms with Crippen molar-refractivity contribution in [3.8, 4) is 0 Å². The fraction of sp³-hybridized carbons (Fsp3) is 1.00. The van der Waals surface area contributed by atoms with Gasteiger partial charge in [-0.05, 0) is 61.7 Å². The Hall–Kier alpha value is 0. The van der Waals surface area contributed by atoms with Gasteiger partial charge in [0.1, 0.15) is 0 Å². The molecule has 0 spiro atoms. The van der Waals surface area contributed by atoms with Gasteiger partial charge >= 0.3 is 0 Å². The summed E-state index contributed by atoms with van der Waals surface area (Å²) >= 11 is 0. The van der Waals surface area contributed by atoms with Crippen molar-refractivity contribution in [3.05, 3.63) is 0 Å². The molecule has 0 aliphatic heterocycles. The van der Waals surface area contributed by atoms with Gasteiger partial charge in [-0.25, -0.2) is 0 Å². The van der Waals surface area contributed by atoms with E-state index >= 15 is 0 Å². The van der Waals surface area contributed by atoms with E-state index in [1.807, 2.05) is 0 Å². The lowest BCUT2D eigenvalue weighted by atomic mass is 9.82. The maximum absolute atomic E-state index is 2.46. The van der Waals surface area contributed by atoms with E-state index < -0.39 is 0 Å². The number of fused-ring (bicyclic) bond motifs is 5.